The van der Waals surface area contributed by atoms with Gasteiger partial charge in [0.25, 0.3) is 0 Å². The van der Waals surface area contributed by atoms with Crippen LogP contribution in [0.15, 0.2) is 18.2 Å². The van der Waals surface area contributed by atoms with Gasteiger partial charge in [0.1, 0.15) is 17.2 Å². The molecule has 0 amide bonds. The van der Waals surface area contributed by atoms with Crippen LogP contribution in [0.5, 0.6) is 17.2 Å². The van der Waals surface area contributed by atoms with Crippen molar-refractivity contribution in [3.63, 3.8) is 0 Å². The predicted octanol–water partition coefficient (Wildman–Crippen LogP) is 0.155. The van der Waals surface area contributed by atoms with Crippen molar-refractivity contribution in [3.8, 4) is 17.2 Å². The van der Waals surface area contributed by atoms with E-state index < -0.39 is 0 Å². The molecular formula is C6H7NaO3. The molecule has 0 fully saturated rings. The number of rotatable bonds is 0. The van der Waals surface area contributed by atoms with E-state index in [2.05, 4.69) is 0 Å². The van der Waals surface area contributed by atoms with Gasteiger partial charge in [0.15, 0.2) is 0 Å². The standard InChI is InChI=1S/C6H6O3.Na.H/c7-4-1-5(8)3-6(9)2-4;;/h1-3,7-9H;;. The summed E-state index contributed by atoms with van der Waals surface area (Å²) in [4.78, 5) is 0. The van der Waals surface area contributed by atoms with Crippen LogP contribution in [0.1, 0.15) is 0 Å². The third-order valence-corrected chi connectivity index (χ3v) is 0.887. The van der Waals surface area contributed by atoms with Crippen molar-refractivity contribution >= 4 is 29.6 Å². The van der Waals surface area contributed by atoms with Gasteiger partial charge in [0.2, 0.25) is 0 Å². The normalized spacial score (nSPS) is 8.40. The molecule has 1 aromatic rings. The Bertz CT molecular complexity index is 174. The summed E-state index contributed by atoms with van der Waals surface area (Å²) in [5.74, 6) is -0.437. The van der Waals surface area contributed by atoms with E-state index in [-0.39, 0.29) is 46.8 Å². The molecule has 0 spiro atoms. The molecule has 0 aliphatic heterocycles. The number of phenolic OH excluding ortho intramolecular Hbond substituents is 3. The van der Waals surface area contributed by atoms with Gasteiger partial charge in [-0.25, -0.2) is 0 Å². The minimum absolute atomic E-state index is 0. The van der Waals surface area contributed by atoms with Crippen molar-refractivity contribution in [2.75, 3.05) is 0 Å². The van der Waals surface area contributed by atoms with Crippen molar-refractivity contribution < 1.29 is 15.3 Å². The Morgan fingerprint density at radius 3 is 1.10 bits per heavy atom. The average molecular weight is 150 g/mol. The molecule has 1 rings (SSSR count). The minimum atomic E-state index is -0.146. The zero-order valence-corrected chi connectivity index (χ0v) is 4.57. The van der Waals surface area contributed by atoms with Gasteiger partial charge in [-0.15, -0.1) is 0 Å². The van der Waals surface area contributed by atoms with E-state index in [1.807, 2.05) is 0 Å². The Hall–Kier alpha value is -0.380. The first kappa shape index (κ1) is 9.62. The van der Waals surface area contributed by atoms with E-state index in [1.165, 1.54) is 0 Å². The van der Waals surface area contributed by atoms with E-state index in [0.717, 1.165) is 18.2 Å². The van der Waals surface area contributed by atoms with Crippen LogP contribution in [-0.2, 0) is 0 Å². The predicted molar refractivity (Wildman–Crippen MR) is 38.6 cm³/mol. The van der Waals surface area contributed by atoms with Crippen molar-refractivity contribution in [1.29, 1.82) is 0 Å². The van der Waals surface area contributed by atoms with Crippen molar-refractivity contribution in [3.05, 3.63) is 18.2 Å². The molecule has 10 heavy (non-hydrogen) atoms. The Morgan fingerprint density at radius 2 is 0.900 bits per heavy atom. The number of aromatic hydroxyl groups is 3. The number of phenols is 3. The van der Waals surface area contributed by atoms with Crippen LogP contribution in [0.4, 0.5) is 0 Å². The van der Waals surface area contributed by atoms with E-state index in [4.69, 9.17) is 15.3 Å². The molecule has 0 unspecified atom stereocenters. The van der Waals surface area contributed by atoms with Gasteiger partial charge in [-0.05, 0) is 0 Å². The number of hydrogen-bond donors (Lipinski definition) is 3. The van der Waals surface area contributed by atoms with Crippen LogP contribution in [0, 0.1) is 0 Å². The molecule has 0 saturated carbocycles. The summed E-state index contributed by atoms with van der Waals surface area (Å²) in [6.07, 6.45) is 0. The molecule has 3 N–H and O–H groups in total. The number of benzene rings is 1. The van der Waals surface area contributed by atoms with E-state index in [0.29, 0.717) is 0 Å². The van der Waals surface area contributed by atoms with Crippen LogP contribution in [-0.4, -0.2) is 44.9 Å². The third kappa shape index (κ3) is 2.47. The SMILES string of the molecule is Oc1cc(O)cc(O)c1.[NaH]. The molecule has 0 saturated heterocycles. The molecule has 0 bridgehead atoms. The van der Waals surface area contributed by atoms with Gasteiger partial charge in [-0.3, -0.25) is 0 Å². The van der Waals surface area contributed by atoms with Gasteiger partial charge < -0.3 is 15.3 Å². The van der Waals surface area contributed by atoms with Gasteiger partial charge in [-0.2, -0.15) is 0 Å². The van der Waals surface area contributed by atoms with Gasteiger partial charge in [-0.1, -0.05) is 0 Å². The van der Waals surface area contributed by atoms with Crippen LogP contribution in [0.2, 0.25) is 0 Å². The molecule has 0 radical (unpaired) electrons. The first-order valence-corrected chi connectivity index (χ1v) is 2.40. The van der Waals surface area contributed by atoms with E-state index in [9.17, 15) is 0 Å². The molecule has 0 atom stereocenters. The fourth-order valence-corrected chi connectivity index (χ4v) is 0.580. The fraction of sp³-hybridized carbons (Fsp3) is 0. The number of hydrogen-bond acceptors (Lipinski definition) is 3. The second-order valence-corrected chi connectivity index (χ2v) is 1.71. The van der Waals surface area contributed by atoms with Gasteiger partial charge in [0, 0.05) is 18.2 Å². The molecule has 50 valence electrons. The Balaban J connectivity index is 0.000000810. The summed E-state index contributed by atoms with van der Waals surface area (Å²) >= 11 is 0. The summed E-state index contributed by atoms with van der Waals surface area (Å²) in [5.41, 5.74) is 0. The average Bonchev–Trinajstić information content (AvgIpc) is 1.59. The van der Waals surface area contributed by atoms with Crippen molar-refractivity contribution in [1.82, 2.24) is 0 Å². The van der Waals surface area contributed by atoms with Crippen LogP contribution >= 0.6 is 0 Å². The molecule has 0 aromatic heterocycles. The topological polar surface area (TPSA) is 60.7 Å². The summed E-state index contributed by atoms with van der Waals surface area (Å²) in [6, 6.07) is 3.42. The molecule has 0 aliphatic carbocycles. The van der Waals surface area contributed by atoms with Crippen molar-refractivity contribution in [2.45, 2.75) is 0 Å². The zero-order valence-electron chi connectivity index (χ0n) is 4.57. The van der Waals surface area contributed by atoms with Gasteiger partial charge >= 0.3 is 29.6 Å². The molecular weight excluding hydrogens is 143 g/mol. The third-order valence-electron chi connectivity index (χ3n) is 0.887. The Kier molecular flexibility index (Phi) is 3.57. The Morgan fingerprint density at radius 1 is 0.700 bits per heavy atom. The second-order valence-electron chi connectivity index (χ2n) is 1.71. The van der Waals surface area contributed by atoms with Gasteiger partial charge in [0.05, 0.1) is 0 Å². The summed E-state index contributed by atoms with van der Waals surface area (Å²) in [7, 11) is 0. The van der Waals surface area contributed by atoms with E-state index >= 15 is 0 Å². The second kappa shape index (κ2) is 3.71. The fourth-order valence-electron chi connectivity index (χ4n) is 0.580. The summed E-state index contributed by atoms with van der Waals surface area (Å²) in [5, 5.41) is 26.0. The molecule has 4 heteroatoms. The monoisotopic (exact) mass is 150 g/mol. The molecule has 3 nitrogen and oxygen atoms in total. The molecule has 1 aromatic carbocycles. The quantitative estimate of drug-likeness (QED) is 0.461. The summed E-state index contributed by atoms with van der Waals surface area (Å²) in [6.45, 7) is 0. The maximum absolute atomic E-state index is 8.67. The first-order valence-electron chi connectivity index (χ1n) is 2.40. The summed E-state index contributed by atoms with van der Waals surface area (Å²) < 4.78 is 0. The molecule has 0 aliphatic rings. The maximum atomic E-state index is 8.67. The van der Waals surface area contributed by atoms with Crippen LogP contribution in [0.3, 0.4) is 0 Å². The zero-order chi connectivity index (χ0) is 6.85. The Labute approximate surface area is 80.2 Å². The van der Waals surface area contributed by atoms with Crippen molar-refractivity contribution in [2.24, 2.45) is 0 Å². The van der Waals surface area contributed by atoms with E-state index in [1.54, 1.807) is 0 Å². The first-order chi connectivity index (χ1) is 4.18. The van der Waals surface area contributed by atoms with Crippen LogP contribution in [0.25, 0.3) is 0 Å². The molecule has 0 heterocycles. The van der Waals surface area contributed by atoms with Crippen LogP contribution < -0.4 is 0 Å².